The molecule has 0 fully saturated rings. The summed E-state index contributed by atoms with van der Waals surface area (Å²) in [5.41, 5.74) is 10.5. The number of nitrogen functional groups attached to an aromatic ring is 1. The molecule has 0 radical (unpaired) electrons. The molecule has 8 nitrogen and oxygen atoms in total. The summed E-state index contributed by atoms with van der Waals surface area (Å²) in [6.07, 6.45) is 0. The summed E-state index contributed by atoms with van der Waals surface area (Å²) in [7, 11) is 0. The Morgan fingerprint density at radius 1 is 1.53 bits per heavy atom. The number of aliphatic hydroxyl groups is 1. The lowest BCUT2D eigenvalue weighted by molar-refractivity contribution is 0.306. The molecule has 0 saturated carbocycles. The van der Waals surface area contributed by atoms with E-state index in [9.17, 15) is 4.79 Å². The molecule has 2 aromatic heterocycles. The number of hydrogen-bond acceptors (Lipinski definition) is 6. The van der Waals surface area contributed by atoms with E-state index in [1.54, 1.807) is 6.92 Å². The van der Waals surface area contributed by atoms with Gasteiger partial charge in [0.1, 0.15) is 4.47 Å². The Hall–Kier alpha value is -1.45. The molecule has 0 saturated heterocycles. The molecule has 0 amide bonds. The largest absolute Gasteiger partial charge is 0.395 e. The molecule has 0 aromatic carbocycles. The van der Waals surface area contributed by atoms with Gasteiger partial charge in [0.05, 0.1) is 12.3 Å². The molecule has 0 aliphatic rings. The Morgan fingerprint density at radius 2 is 2.12 bits per heavy atom. The number of hydrogen-bond donors (Lipinski definition) is 4. The summed E-state index contributed by atoms with van der Waals surface area (Å²) in [6.45, 7) is 2.19. The maximum absolute atomic E-state index is 11.5. The Balaban J connectivity index is 0.000000317. The smallest absolute Gasteiger partial charge is 0.288 e. The third-order valence-electron chi connectivity index (χ3n) is 1.75. The maximum Gasteiger partial charge on any atom is 0.288 e. The zero-order valence-electron chi connectivity index (χ0n) is 9.14. The Kier molecular flexibility index (Phi) is 4.61. The number of nitrogens with zero attached hydrogens (tertiary/aromatic N) is 3. The number of aliphatic hydroxyl groups excluding tert-OH is 1. The first kappa shape index (κ1) is 13.6. The van der Waals surface area contributed by atoms with Gasteiger partial charge in [-0.05, 0) is 22.9 Å². The van der Waals surface area contributed by atoms with Gasteiger partial charge in [-0.1, -0.05) is 0 Å². The predicted octanol–water partition coefficient (Wildman–Crippen LogP) is -0.992. The molecule has 9 heteroatoms. The van der Waals surface area contributed by atoms with Crippen LogP contribution in [0.5, 0.6) is 0 Å². The molecule has 6 N–H and O–H groups in total. The first-order valence-electron chi connectivity index (χ1n) is 4.72. The van der Waals surface area contributed by atoms with E-state index in [0.717, 1.165) is 0 Å². The van der Waals surface area contributed by atoms with E-state index >= 15 is 0 Å². The number of aryl methyl sites for hydroxylation is 1. The van der Waals surface area contributed by atoms with Gasteiger partial charge in [-0.3, -0.25) is 9.89 Å². The summed E-state index contributed by atoms with van der Waals surface area (Å²) >= 11 is 3.13. The van der Waals surface area contributed by atoms with E-state index in [4.69, 9.17) is 16.6 Å². The van der Waals surface area contributed by atoms with Crippen molar-refractivity contribution in [2.45, 2.75) is 6.92 Å². The second kappa shape index (κ2) is 5.75. The van der Waals surface area contributed by atoms with E-state index in [2.05, 4.69) is 31.0 Å². The molecule has 0 spiro atoms. The molecule has 0 aliphatic carbocycles. The first-order chi connectivity index (χ1) is 8.01. The Morgan fingerprint density at radius 3 is 2.65 bits per heavy atom. The van der Waals surface area contributed by atoms with Gasteiger partial charge in [0, 0.05) is 6.54 Å². The van der Waals surface area contributed by atoms with Gasteiger partial charge < -0.3 is 16.6 Å². The van der Waals surface area contributed by atoms with Gasteiger partial charge in [0.15, 0.2) is 0 Å². The van der Waals surface area contributed by atoms with Crippen molar-refractivity contribution in [3.8, 4) is 0 Å². The van der Waals surface area contributed by atoms with Crippen molar-refractivity contribution in [2.24, 2.45) is 5.73 Å². The summed E-state index contributed by atoms with van der Waals surface area (Å²) in [4.78, 5) is 19.4. The van der Waals surface area contributed by atoms with Crippen LogP contribution in [0, 0.1) is 6.92 Å². The fourth-order valence-corrected chi connectivity index (χ4v) is 1.28. The normalized spacial score (nSPS) is 10.1. The molecule has 0 atom stereocenters. The molecule has 2 rings (SSSR count). The number of nitrogens with two attached hydrogens (primary N) is 2. The number of halogens is 1. The van der Waals surface area contributed by atoms with Crippen LogP contribution in [0.1, 0.15) is 5.69 Å². The van der Waals surface area contributed by atoms with Crippen LogP contribution in [-0.4, -0.2) is 37.8 Å². The summed E-state index contributed by atoms with van der Waals surface area (Å²) in [5, 5.41) is 10.3. The van der Waals surface area contributed by atoms with Gasteiger partial charge in [-0.25, -0.2) is 4.98 Å². The minimum atomic E-state index is -0.244. The number of nitrogens with one attached hydrogen (secondary N) is 1. The van der Waals surface area contributed by atoms with Crippen LogP contribution in [0.15, 0.2) is 9.27 Å². The minimum absolute atomic E-state index is 0.0972. The highest BCUT2D eigenvalue weighted by atomic mass is 79.9. The van der Waals surface area contributed by atoms with Gasteiger partial charge in [0.2, 0.25) is 5.95 Å². The van der Waals surface area contributed by atoms with Crippen molar-refractivity contribution < 1.29 is 5.11 Å². The van der Waals surface area contributed by atoms with E-state index in [-0.39, 0.29) is 23.9 Å². The standard InChI is InChI=1S/C6H6BrN5O.C2H7NO/c1-2-3(7)4(13)12-6(9-2)10-5(8)11-12;3-1-2-4/h1H3,(H3,8,9,10,11);4H,1-3H2. The van der Waals surface area contributed by atoms with Gasteiger partial charge >= 0.3 is 0 Å². The zero-order valence-corrected chi connectivity index (χ0v) is 10.7. The second-order valence-corrected chi connectivity index (χ2v) is 3.87. The maximum atomic E-state index is 11.5. The van der Waals surface area contributed by atoms with Crippen LogP contribution in [0.2, 0.25) is 0 Å². The number of aromatic amines is 1. The first-order valence-corrected chi connectivity index (χ1v) is 5.51. The highest BCUT2D eigenvalue weighted by molar-refractivity contribution is 9.10. The third-order valence-corrected chi connectivity index (χ3v) is 2.67. The molecule has 0 aliphatic heterocycles. The lowest BCUT2D eigenvalue weighted by atomic mass is 10.4. The number of H-pyrrole nitrogens is 1. The number of aromatic nitrogens is 4. The molecule has 0 bridgehead atoms. The van der Waals surface area contributed by atoms with Crippen molar-refractivity contribution in [1.29, 1.82) is 0 Å². The average Bonchev–Trinajstić information content (AvgIpc) is 2.67. The lowest BCUT2D eigenvalue weighted by Crippen LogP contribution is -2.17. The van der Waals surface area contributed by atoms with Crippen molar-refractivity contribution in [1.82, 2.24) is 19.6 Å². The molecule has 2 heterocycles. The summed E-state index contributed by atoms with van der Waals surface area (Å²) in [5.74, 6) is 0.449. The van der Waals surface area contributed by atoms with Crippen molar-refractivity contribution in [3.05, 3.63) is 20.5 Å². The number of rotatable bonds is 1. The minimum Gasteiger partial charge on any atom is -0.395 e. The fraction of sp³-hybridized carbons (Fsp3) is 0.375. The van der Waals surface area contributed by atoms with Gasteiger partial charge in [-0.2, -0.15) is 9.50 Å². The number of anilines is 1. The van der Waals surface area contributed by atoms with E-state index < -0.39 is 0 Å². The molecular weight excluding hydrogens is 292 g/mol. The van der Waals surface area contributed by atoms with E-state index in [1.807, 2.05) is 0 Å². The quantitative estimate of drug-likeness (QED) is 0.534. The highest BCUT2D eigenvalue weighted by Crippen LogP contribution is 2.08. The lowest BCUT2D eigenvalue weighted by Gasteiger charge is -1.95. The topological polar surface area (TPSA) is 135 Å². The van der Waals surface area contributed by atoms with E-state index in [0.29, 0.717) is 16.7 Å². The molecular formula is C8H13BrN6O2. The highest BCUT2D eigenvalue weighted by Gasteiger charge is 2.09. The molecule has 94 valence electrons. The van der Waals surface area contributed by atoms with E-state index in [1.165, 1.54) is 4.52 Å². The molecule has 0 unspecified atom stereocenters. The monoisotopic (exact) mass is 304 g/mol. The summed E-state index contributed by atoms with van der Waals surface area (Å²) < 4.78 is 1.60. The third kappa shape index (κ3) is 3.02. The SMILES string of the molecule is Cc1nc2nc(N)[nH]n2c(=O)c1Br.NCCO. The zero-order chi connectivity index (χ0) is 13.0. The van der Waals surface area contributed by atoms with Crippen LogP contribution >= 0.6 is 15.9 Å². The van der Waals surface area contributed by atoms with Crippen molar-refractivity contribution in [3.63, 3.8) is 0 Å². The van der Waals surface area contributed by atoms with Gasteiger partial charge in [-0.15, -0.1) is 0 Å². The second-order valence-electron chi connectivity index (χ2n) is 3.07. The van der Waals surface area contributed by atoms with Crippen molar-refractivity contribution in [2.75, 3.05) is 18.9 Å². The average molecular weight is 305 g/mol. The van der Waals surface area contributed by atoms with Crippen LogP contribution in [0.3, 0.4) is 0 Å². The predicted molar refractivity (Wildman–Crippen MR) is 66.6 cm³/mol. The van der Waals surface area contributed by atoms with Gasteiger partial charge in [0.25, 0.3) is 11.3 Å². The summed E-state index contributed by atoms with van der Waals surface area (Å²) in [6, 6.07) is 0. The molecule has 2 aromatic rings. The molecule has 17 heavy (non-hydrogen) atoms. The van der Waals surface area contributed by atoms with Crippen LogP contribution in [-0.2, 0) is 0 Å². The van der Waals surface area contributed by atoms with Crippen LogP contribution in [0.25, 0.3) is 5.78 Å². The fourth-order valence-electron chi connectivity index (χ4n) is 1.02. The van der Waals surface area contributed by atoms with Crippen LogP contribution in [0.4, 0.5) is 5.95 Å². The number of fused-ring (bicyclic) bond motifs is 1. The van der Waals surface area contributed by atoms with Crippen LogP contribution < -0.4 is 17.0 Å². The Labute approximate surface area is 105 Å². The van der Waals surface area contributed by atoms with Crippen molar-refractivity contribution >= 4 is 27.7 Å². The Bertz CT molecular complexity index is 561.